The molecule has 0 aliphatic carbocycles. The predicted molar refractivity (Wildman–Crippen MR) is 128 cm³/mol. The van der Waals surface area contributed by atoms with Crippen LogP contribution < -0.4 is 19.7 Å². The Morgan fingerprint density at radius 3 is 2.67 bits per heavy atom. The van der Waals surface area contributed by atoms with Crippen molar-refractivity contribution in [1.29, 1.82) is 0 Å². The molecule has 0 unspecified atom stereocenters. The number of rotatable bonds is 5. The van der Waals surface area contributed by atoms with Gasteiger partial charge < -0.3 is 24.6 Å². The normalized spacial score (nSPS) is 15.7. The zero-order valence-electron chi connectivity index (χ0n) is 19.1. The Labute approximate surface area is 193 Å². The molecule has 1 saturated heterocycles. The average molecular weight is 448 g/mol. The summed E-state index contributed by atoms with van der Waals surface area (Å²) in [4.78, 5) is 16.8. The highest BCUT2D eigenvalue weighted by Gasteiger charge is 2.22. The van der Waals surface area contributed by atoms with Gasteiger partial charge in [-0.2, -0.15) is 0 Å². The molecule has 0 bridgehead atoms. The van der Waals surface area contributed by atoms with Gasteiger partial charge in [0.15, 0.2) is 23.1 Å². The summed E-state index contributed by atoms with van der Waals surface area (Å²) in [5, 5.41) is 14.6. The van der Waals surface area contributed by atoms with E-state index in [-0.39, 0.29) is 12.7 Å². The molecule has 2 aromatic carbocycles. The van der Waals surface area contributed by atoms with E-state index in [1.807, 2.05) is 35.2 Å². The van der Waals surface area contributed by atoms with Gasteiger partial charge in [-0.15, -0.1) is 10.2 Å². The number of hydrogen-bond donors (Lipinski definition) is 1. The summed E-state index contributed by atoms with van der Waals surface area (Å²) in [5.74, 6) is 3.63. The van der Waals surface area contributed by atoms with Gasteiger partial charge in [-0.25, -0.2) is 0 Å². The van der Waals surface area contributed by atoms with Crippen molar-refractivity contribution >= 4 is 34.0 Å². The molecule has 1 fully saturated rings. The molecule has 1 amide bonds. The maximum Gasteiger partial charge on any atom is 0.231 e. The molecule has 8 nitrogen and oxygen atoms in total. The third-order valence-electron chi connectivity index (χ3n) is 6.03. The second kappa shape index (κ2) is 9.13. The third kappa shape index (κ3) is 4.51. The van der Waals surface area contributed by atoms with Crippen LogP contribution in [-0.2, 0) is 4.79 Å². The van der Waals surface area contributed by atoms with Gasteiger partial charge >= 0.3 is 0 Å². The molecule has 0 radical (unpaired) electrons. The van der Waals surface area contributed by atoms with Crippen LogP contribution in [0, 0.1) is 5.92 Å². The maximum atomic E-state index is 12.6. The Kier molecular flexibility index (Phi) is 5.90. The van der Waals surface area contributed by atoms with Crippen molar-refractivity contribution in [2.45, 2.75) is 26.7 Å². The van der Waals surface area contributed by atoms with Crippen molar-refractivity contribution in [2.24, 2.45) is 5.92 Å². The minimum atomic E-state index is 0.242. The van der Waals surface area contributed by atoms with Gasteiger partial charge in [0.2, 0.25) is 12.7 Å². The van der Waals surface area contributed by atoms with Crippen LogP contribution in [0.1, 0.15) is 26.7 Å². The highest BCUT2D eigenvalue weighted by Crippen LogP contribution is 2.36. The highest BCUT2D eigenvalue weighted by molar-refractivity contribution is 5.99. The molecule has 0 spiro atoms. The van der Waals surface area contributed by atoms with E-state index >= 15 is 0 Å². The van der Waals surface area contributed by atoms with Crippen molar-refractivity contribution in [3.63, 3.8) is 0 Å². The lowest BCUT2D eigenvalue weighted by atomic mass is 10.1. The predicted octanol–water partition coefficient (Wildman–Crippen LogP) is 4.19. The molecule has 33 heavy (non-hydrogen) atoms. The molecule has 5 rings (SSSR count). The fourth-order valence-electron chi connectivity index (χ4n) is 4.38. The van der Waals surface area contributed by atoms with Gasteiger partial charge in [-0.3, -0.25) is 4.79 Å². The zero-order chi connectivity index (χ0) is 22.8. The molecule has 3 heterocycles. The van der Waals surface area contributed by atoms with Crippen molar-refractivity contribution in [2.75, 3.05) is 43.2 Å². The number of nitrogens with zero attached hydrogens (tertiary/aromatic N) is 4. The summed E-state index contributed by atoms with van der Waals surface area (Å²) in [6.45, 7) is 7.50. The number of aromatic nitrogens is 2. The lowest BCUT2D eigenvalue weighted by molar-refractivity contribution is -0.131. The summed E-state index contributed by atoms with van der Waals surface area (Å²) in [5.41, 5.74) is 0.862. The van der Waals surface area contributed by atoms with E-state index in [0.717, 1.165) is 59.8 Å². The molecule has 8 heteroatoms. The fourth-order valence-corrected chi connectivity index (χ4v) is 4.38. The first-order valence-corrected chi connectivity index (χ1v) is 11.5. The number of carbonyl (C=O) groups is 1. The van der Waals surface area contributed by atoms with Gasteiger partial charge in [0.25, 0.3) is 0 Å². The van der Waals surface area contributed by atoms with Crippen LogP contribution in [-0.4, -0.2) is 54.0 Å². The second-order valence-corrected chi connectivity index (χ2v) is 8.93. The number of ether oxygens (including phenoxy) is 2. The molecule has 3 aromatic rings. The number of fused-ring (bicyclic) bond motifs is 2. The Hall–Kier alpha value is -3.55. The quantitative estimate of drug-likeness (QED) is 0.628. The Bertz CT molecular complexity index is 1170. The van der Waals surface area contributed by atoms with Crippen molar-refractivity contribution in [3.8, 4) is 11.5 Å². The Morgan fingerprint density at radius 1 is 1.00 bits per heavy atom. The smallest absolute Gasteiger partial charge is 0.231 e. The van der Waals surface area contributed by atoms with E-state index in [2.05, 4.69) is 46.4 Å². The minimum absolute atomic E-state index is 0.242. The van der Waals surface area contributed by atoms with Gasteiger partial charge in [-0.05, 0) is 24.5 Å². The van der Waals surface area contributed by atoms with E-state index in [1.165, 1.54) is 0 Å². The van der Waals surface area contributed by atoms with Crippen LogP contribution in [0.15, 0.2) is 42.5 Å². The van der Waals surface area contributed by atoms with E-state index in [1.54, 1.807) is 0 Å². The van der Waals surface area contributed by atoms with Gasteiger partial charge in [0, 0.05) is 55.1 Å². The maximum absolute atomic E-state index is 12.6. The van der Waals surface area contributed by atoms with Crippen LogP contribution in [0.4, 0.5) is 17.3 Å². The topological polar surface area (TPSA) is 79.8 Å². The van der Waals surface area contributed by atoms with E-state index in [4.69, 9.17) is 9.47 Å². The van der Waals surface area contributed by atoms with Crippen LogP contribution in [0.5, 0.6) is 11.5 Å². The molecule has 172 valence electrons. The Morgan fingerprint density at radius 2 is 1.82 bits per heavy atom. The molecule has 1 aromatic heterocycles. The third-order valence-corrected chi connectivity index (χ3v) is 6.03. The largest absolute Gasteiger partial charge is 0.454 e. The summed E-state index contributed by atoms with van der Waals surface area (Å²) in [7, 11) is 0. The fraction of sp³-hybridized carbons (Fsp3) is 0.400. The minimum Gasteiger partial charge on any atom is -0.454 e. The number of hydrogen-bond acceptors (Lipinski definition) is 7. The van der Waals surface area contributed by atoms with Crippen LogP contribution in [0.2, 0.25) is 0 Å². The molecule has 2 aliphatic rings. The lowest BCUT2D eigenvalue weighted by Gasteiger charge is -2.24. The van der Waals surface area contributed by atoms with Gasteiger partial charge in [0.1, 0.15) is 0 Å². The van der Waals surface area contributed by atoms with Gasteiger partial charge in [-0.1, -0.05) is 38.1 Å². The monoisotopic (exact) mass is 447 g/mol. The summed E-state index contributed by atoms with van der Waals surface area (Å²) in [6, 6.07) is 13.9. The second-order valence-electron chi connectivity index (χ2n) is 8.93. The number of benzene rings is 2. The van der Waals surface area contributed by atoms with E-state index in [9.17, 15) is 4.79 Å². The molecule has 1 N–H and O–H groups in total. The first-order chi connectivity index (χ1) is 16.1. The molecule has 0 saturated carbocycles. The standard InChI is InChI=1S/C25H29N5O3/c1-17(2)14-23(31)29-10-5-11-30(13-12-29)25-20-7-4-3-6-19(20)24(27-28-25)26-18-8-9-21-22(15-18)33-16-32-21/h3-4,6-9,15,17H,5,10-14,16H2,1-2H3,(H,26,27). The summed E-state index contributed by atoms with van der Waals surface area (Å²) < 4.78 is 10.9. The van der Waals surface area contributed by atoms with Crippen LogP contribution >= 0.6 is 0 Å². The first kappa shape index (κ1) is 21.3. The number of carbonyl (C=O) groups excluding carboxylic acids is 1. The van der Waals surface area contributed by atoms with Crippen LogP contribution in [0.25, 0.3) is 10.8 Å². The molecular weight excluding hydrogens is 418 g/mol. The zero-order valence-corrected chi connectivity index (χ0v) is 19.1. The lowest BCUT2D eigenvalue weighted by Crippen LogP contribution is -2.36. The SMILES string of the molecule is CC(C)CC(=O)N1CCCN(c2nnc(Nc3ccc4c(c3)OCO4)c3ccccc23)CC1. The highest BCUT2D eigenvalue weighted by atomic mass is 16.7. The van der Waals surface area contributed by atoms with Crippen molar-refractivity contribution < 1.29 is 14.3 Å². The van der Waals surface area contributed by atoms with Crippen LogP contribution in [0.3, 0.4) is 0 Å². The van der Waals surface area contributed by atoms with Crippen molar-refractivity contribution in [1.82, 2.24) is 15.1 Å². The number of nitrogens with one attached hydrogen (secondary N) is 1. The summed E-state index contributed by atoms with van der Waals surface area (Å²) >= 11 is 0. The van der Waals surface area contributed by atoms with Gasteiger partial charge in [0.05, 0.1) is 0 Å². The first-order valence-electron chi connectivity index (χ1n) is 11.5. The average Bonchev–Trinajstić information content (AvgIpc) is 3.13. The molecule has 0 atom stereocenters. The van der Waals surface area contributed by atoms with E-state index in [0.29, 0.717) is 24.7 Å². The molecule has 2 aliphatic heterocycles. The number of amides is 1. The molecular formula is C25H29N5O3. The van der Waals surface area contributed by atoms with E-state index < -0.39 is 0 Å². The van der Waals surface area contributed by atoms with Crippen molar-refractivity contribution in [3.05, 3.63) is 42.5 Å². The Balaban J connectivity index is 1.38. The number of anilines is 3. The summed E-state index contributed by atoms with van der Waals surface area (Å²) in [6.07, 6.45) is 1.51.